The molecule has 2 aromatic rings. The number of anilines is 1. The van der Waals surface area contributed by atoms with Crippen molar-refractivity contribution in [2.75, 3.05) is 18.5 Å². The lowest BCUT2D eigenvalue weighted by Crippen LogP contribution is -2.14. The maximum absolute atomic E-state index is 12.5. The molecule has 1 aromatic carbocycles. The Bertz CT molecular complexity index is 722. The Morgan fingerprint density at radius 2 is 1.84 bits per heavy atom. The summed E-state index contributed by atoms with van der Waals surface area (Å²) in [6, 6.07) is 8.73. The molecule has 0 spiro atoms. The molecule has 1 aromatic heterocycles. The Morgan fingerprint density at radius 3 is 2.44 bits per heavy atom. The van der Waals surface area contributed by atoms with Crippen LogP contribution in [0.2, 0.25) is 0 Å². The van der Waals surface area contributed by atoms with Crippen molar-refractivity contribution in [2.45, 2.75) is 33.6 Å². The first-order valence-corrected chi connectivity index (χ1v) is 9.24. The van der Waals surface area contributed by atoms with E-state index in [1.807, 2.05) is 13.8 Å². The van der Waals surface area contributed by atoms with Gasteiger partial charge in [0, 0.05) is 10.4 Å². The minimum atomic E-state index is -0.419. The number of esters is 1. The molecule has 0 saturated heterocycles. The molecule has 0 saturated carbocycles. The molecule has 1 amide bonds. The number of amides is 1. The highest BCUT2D eigenvalue weighted by Crippen LogP contribution is 2.30. The fraction of sp³-hybridized carbons (Fsp3) is 0.368. The second-order valence-corrected chi connectivity index (χ2v) is 6.49. The molecule has 0 aliphatic carbocycles. The Labute approximate surface area is 152 Å². The molecular formula is C19H23NO4S. The summed E-state index contributed by atoms with van der Waals surface area (Å²) in [7, 11) is 0. The summed E-state index contributed by atoms with van der Waals surface area (Å²) in [6.07, 6.45) is 1.72. The van der Waals surface area contributed by atoms with Crippen LogP contribution in [0.15, 0.2) is 30.3 Å². The van der Waals surface area contributed by atoms with Crippen molar-refractivity contribution in [3.63, 3.8) is 0 Å². The first-order chi connectivity index (χ1) is 12.1. The zero-order valence-electron chi connectivity index (χ0n) is 14.8. The largest absolute Gasteiger partial charge is 0.494 e. The molecule has 0 unspecified atom stereocenters. The number of carbonyl (C=O) groups excluding carboxylic acids is 2. The molecule has 0 aliphatic rings. The second kappa shape index (κ2) is 9.22. The zero-order chi connectivity index (χ0) is 18.2. The van der Waals surface area contributed by atoms with Crippen molar-refractivity contribution < 1.29 is 19.1 Å². The van der Waals surface area contributed by atoms with Crippen LogP contribution in [0.3, 0.4) is 0 Å². The van der Waals surface area contributed by atoms with Crippen molar-refractivity contribution in [1.29, 1.82) is 0 Å². The van der Waals surface area contributed by atoms with Gasteiger partial charge in [0.25, 0.3) is 5.91 Å². The summed E-state index contributed by atoms with van der Waals surface area (Å²) < 4.78 is 10.6. The van der Waals surface area contributed by atoms with E-state index in [2.05, 4.69) is 5.32 Å². The van der Waals surface area contributed by atoms with Crippen LogP contribution in [0.4, 0.5) is 5.00 Å². The first kappa shape index (κ1) is 19.0. The van der Waals surface area contributed by atoms with Crippen LogP contribution in [0.5, 0.6) is 5.75 Å². The van der Waals surface area contributed by atoms with Gasteiger partial charge in [-0.2, -0.15) is 0 Å². The number of aryl methyl sites for hydroxylation is 1. The zero-order valence-corrected chi connectivity index (χ0v) is 15.6. The number of ether oxygens (including phenoxy) is 2. The smallest absolute Gasteiger partial charge is 0.341 e. The van der Waals surface area contributed by atoms with Crippen LogP contribution in [-0.2, 0) is 11.2 Å². The molecule has 134 valence electrons. The van der Waals surface area contributed by atoms with Gasteiger partial charge in [-0.25, -0.2) is 4.79 Å². The predicted octanol–water partition coefficient (Wildman–Crippen LogP) is 4.53. The van der Waals surface area contributed by atoms with E-state index >= 15 is 0 Å². The number of carbonyl (C=O) groups is 2. The summed E-state index contributed by atoms with van der Waals surface area (Å²) in [5, 5.41) is 3.34. The summed E-state index contributed by atoms with van der Waals surface area (Å²) >= 11 is 1.39. The third-order valence-electron chi connectivity index (χ3n) is 3.44. The maximum atomic E-state index is 12.5. The van der Waals surface area contributed by atoms with Gasteiger partial charge >= 0.3 is 5.97 Å². The van der Waals surface area contributed by atoms with Crippen LogP contribution in [-0.4, -0.2) is 25.1 Å². The van der Waals surface area contributed by atoms with Crippen molar-refractivity contribution >= 4 is 28.2 Å². The number of thiophene rings is 1. The van der Waals surface area contributed by atoms with Gasteiger partial charge in [-0.05, 0) is 50.1 Å². The summed E-state index contributed by atoms with van der Waals surface area (Å²) in [5.74, 6) is 0.0455. The molecular weight excluding hydrogens is 338 g/mol. The lowest BCUT2D eigenvalue weighted by Gasteiger charge is -2.08. The highest BCUT2D eigenvalue weighted by Gasteiger charge is 2.19. The second-order valence-electron chi connectivity index (χ2n) is 5.36. The van der Waals surface area contributed by atoms with Crippen LogP contribution in [0.25, 0.3) is 0 Å². The van der Waals surface area contributed by atoms with E-state index < -0.39 is 5.97 Å². The number of nitrogens with one attached hydrogen (secondary N) is 1. The van der Waals surface area contributed by atoms with Gasteiger partial charge < -0.3 is 14.8 Å². The van der Waals surface area contributed by atoms with E-state index in [-0.39, 0.29) is 5.91 Å². The van der Waals surface area contributed by atoms with Gasteiger partial charge in [-0.1, -0.05) is 13.8 Å². The Morgan fingerprint density at radius 1 is 1.12 bits per heavy atom. The molecule has 0 fully saturated rings. The lowest BCUT2D eigenvalue weighted by molar-refractivity contribution is 0.0528. The van der Waals surface area contributed by atoms with Gasteiger partial charge in [0.05, 0.1) is 18.8 Å². The van der Waals surface area contributed by atoms with Crippen molar-refractivity contribution in [2.24, 2.45) is 0 Å². The van der Waals surface area contributed by atoms with E-state index in [0.29, 0.717) is 29.3 Å². The number of rotatable bonds is 8. The number of hydrogen-bond donors (Lipinski definition) is 1. The molecule has 0 radical (unpaired) electrons. The molecule has 25 heavy (non-hydrogen) atoms. The fourth-order valence-electron chi connectivity index (χ4n) is 2.17. The monoisotopic (exact) mass is 361 g/mol. The highest BCUT2D eigenvalue weighted by atomic mass is 32.1. The fourth-order valence-corrected chi connectivity index (χ4v) is 3.15. The van der Waals surface area contributed by atoms with Crippen LogP contribution in [0, 0.1) is 0 Å². The molecule has 0 atom stereocenters. The van der Waals surface area contributed by atoms with E-state index in [4.69, 9.17) is 9.47 Å². The number of benzene rings is 1. The summed E-state index contributed by atoms with van der Waals surface area (Å²) in [4.78, 5) is 25.6. The third kappa shape index (κ3) is 5.06. The number of hydrogen-bond acceptors (Lipinski definition) is 5. The minimum Gasteiger partial charge on any atom is -0.494 e. The van der Waals surface area contributed by atoms with E-state index in [1.54, 1.807) is 37.3 Å². The molecule has 2 rings (SSSR count). The molecule has 5 nitrogen and oxygen atoms in total. The van der Waals surface area contributed by atoms with Crippen LogP contribution < -0.4 is 10.1 Å². The van der Waals surface area contributed by atoms with E-state index in [1.165, 1.54) is 11.3 Å². The minimum absolute atomic E-state index is 0.267. The van der Waals surface area contributed by atoms with Crippen molar-refractivity contribution in [3.8, 4) is 5.75 Å². The highest BCUT2D eigenvalue weighted by molar-refractivity contribution is 7.16. The van der Waals surface area contributed by atoms with Crippen molar-refractivity contribution in [1.82, 2.24) is 0 Å². The Hall–Kier alpha value is -2.34. The van der Waals surface area contributed by atoms with Gasteiger partial charge in [0.1, 0.15) is 10.8 Å². The quantitative estimate of drug-likeness (QED) is 0.702. The lowest BCUT2D eigenvalue weighted by atomic mass is 10.2. The molecule has 6 heteroatoms. The average Bonchev–Trinajstić information content (AvgIpc) is 3.03. The van der Waals surface area contributed by atoms with Crippen LogP contribution >= 0.6 is 11.3 Å². The normalized spacial score (nSPS) is 10.4. The maximum Gasteiger partial charge on any atom is 0.341 e. The van der Waals surface area contributed by atoms with Gasteiger partial charge in [-0.15, -0.1) is 11.3 Å². The standard InChI is InChI=1S/C19H23NO4S/c1-4-11-24-14-9-7-13(8-10-14)17(21)20-18-16(19(22)23-6-3)12-15(5-2)25-18/h7-10,12H,4-6,11H2,1-3H3,(H,20,21). The topological polar surface area (TPSA) is 64.6 Å². The van der Waals surface area contributed by atoms with Gasteiger partial charge in [-0.3, -0.25) is 4.79 Å². The third-order valence-corrected chi connectivity index (χ3v) is 4.64. The SMILES string of the molecule is CCCOc1ccc(C(=O)Nc2sc(CC)cc2C(=O)OCC)cc1. The molecule has 1 N–H and O–H groups in total. The summed E-state index contributed by atoms with van der Waals surface area (Å²) in [5.41, 5.74) is 0.907. The first-order valence-electron chi connectivity index (χ1n) is 8.43. The van der Waals surface area contributed by atoms with E-state index in [9.17, 15) is 9.59 Å². The Balaban J connectivity index is 2.14. The Kier molecular flexibility index (Phi) is 7.01. The average molecular weight is 361 g/mol. The van der Waals surface area contributed by atoms with Gasteiger partial charge in [0.2, 0.25) is 0 Å². The summed E-state index contributed by atoms with van der Waals surface area (Å²) in [6.45, 7) is 6.73. The van der Waals surface area contributed by atoms with E-state index in [0.717, 1.165) is 23.5 Å². The predicted molar refractivity (Wildman–Crippen MR) is 99.8 cm³/mol. The van der Waals surface area contributed by atoms with Gasteiger partial charge in [0.15, 0.2) is 0 Å². The van der Waals surface area contributed by atoms with Crippen LogP contribution in [0.1, 0.15) is 52.8 Å². The molecule has 0 bridgehead atoms. The molecule has 0 aliphatic heterocycles. The van der Waals surface area contributed by atoms with Crippen molar-refractivity contribution in [3.05, 3.63) is 46.3 Å². The molecule has 1 heterocycles.